The molecule has 2 saturated heterocycles. The van der Waals surface area contributed by atoms with Crippen molar-refractivity contribution in [2.45, 2.75) is 57.9 Å². The van der Waals surface area contributed by atoms with Crippen LogP contribution in [0.15, 0.2) is 18.2 Å². The summed E-state index contributed by atoms with van der Waals surface area (Å²) >= 11 is 0. The Hall–Kier alpha value is -1.75. The van der Waals surface area contributed by atoms with Crippen LogP contribution in [0.2, 0.25) is 0 Å². The molecule has 5 heteroatoms. The highest BCUT2D eigenvalue weighted by Gasteiger charge is 2.26. The number of carbonyl (C=O) groups excluding carboxylic acids is 1. The van der Waals surface area contributed by atoms with Crippen LogP contribution < -0.4 is 10.2 Å². The van der Waals surface area contributed by atoms with E-state index in [4.69, 9.17) is 0 Å². The molecule has 3 fully saturated rings. The Morgan fingerprint density at radius 3 is 2.48 bits per heavy atom. The number of benzene rings is 1. The number of nitrogens with zero attached hydrogens (tertiary/aromatic N) is 3. The van der Waals surface area contributed by atoms with Crippen molar-refractivity contribution in [1.29, 1.82) is 0 Å². The maximum absolute atomic E-state index is 12.9. The molecule has 3 aliphatic rings. The Morgan fingerprint density at radius 1 is 0.926 bits per heavy atom. The average molecular weight is 371 g/mol. The van der Waals surface area contributed by atoms with Gasteiger partial charge in [0.25, 0.3) is 0 Å². The lowest BCUT2D eigenvalue weighted by Gasteiger charge is -2.27. The molecule has 1 saturated carbocycles. The fraction of sp³-hybridized carbons (Fsp3) is 0.682. The van der Waals surface area contributed by atoms with Gasteiger partial charge in [-0.2, -0.15) is 0 Å². The summed E-state index contributed by atoms with van der Waals surface area (Å²) < 4.78 is 0. The van der Waals surface area contributed by atoms with Gasteiger partial charge in [-0.05, 0) is 56.7 Å². The first-order valence-electron chi connectivity index (χ1n) is 10.9. The van der Waals surface area contributed by atoms with E-state index in [1.807, 2.05) is 11.0 Å². The summed E-state index contributed by atoms with van der Waals surface area (Å²) in [5, 5.41) is 3.20. The smallest absolute Gasteiger partial charge is 0.321 e. The SMILES string of the molecule is Cc1c(NC(=O)N2CCCN(C3CCCC3)CC2)cccc1N1CCCC1. The van der Waals surface area contributed by atoms with Gasteiger partial charge < -0.3 is 15.1 Å². The van der Waals surface area contributed by atoms with Crippen LogP contribution in [0.4, 0.5) is 16.2 Å². The van der Waals surface area contributed by atoms with Gasteiger partial charge in [-0.3, -0.25) is 4.90 Å². The highest BCUT2D eigenvalue weighted by molar-refractivity contribution is 5.91. The van der Waals surface area contributed by atoms with Gasteiger partial charge in [0, 0.05) is 56.7 Å². The lowest BCUT2D eigenvalue weighted by Crippen LogP contribution is -2.40. The molecule has 0 aromatic heterocycles. The van der Waals surface area contributed by atoms with Crippen LogP contribution in [0.25, 0.3) is 0 Å². The van der Waals surface area contributed by atoms with Gasteiger partial charge in [0.05, 0.1) is 0 Å². The molecule has 2 heterocycles. The average Bonchev–Trinajstić information content (AvgIpc) is 3.34. The minimum atomic E-state index is 0.0601. The summed E-state index contributed by atoms with van der Waals surface area (Å²) in [4.78, 5) is 20.0. The highest BCUT2D eigenvalue weighted by Crippen LogP contribution is 2.29. The molecule has 4 rings (SSSR count). The van der Waals surface area contributed by atoms with Crippen molar-refractivity contribution < 1.29 is 4.79 Å². The van der Waals surface area contributed by atoms with Gasteiger partial charge in [0.2, 0.25) is 0 Å². The van der Waals surface area contributed by atoms with E-state index >= 15 is 0 Å². The van der Waals surface area contributed by atoms with E-state index in [1.54, 1.807) is 0 Å². The molecule has 1 N–H and O–H groups in total. The van der Waals surface area contributed by atoms with Crippen molar-refractivity contribution >= 4 is 17.4 Å². The first-order chi connectivity index (χ1) is 13.2. The summed E-state index contributed by atoms with van der Waals surface area (Å²) in [7, 11) is 0. The van der Waals surface area contributed by atoms with Gasteiger partial charge >= 0.3 is 6.03 Å². The predicted octanol–water partition coefficient (Wildman–Crippen LogP) is 4.08. The normalized spacial score (nSPS) is 22.3. The molecular weight excluding hydrogens is 336 g/mol. The number of amides is 2. The van der Waals surface area contributed by atoms with Crippen LogP contribution in [0.1, 0.15) is 50.5 Å². The minimum Gasteiger partial charge on any atom is -0.371 e. The van der Waals surface area contributed by atoms with Crippen molar-refractivity contribution in [2.75, 3.05) is 49.5 Å². The van der Waals surface area contributed by atoms with Crippen molar-refractivity contribution in [3.8, 4) is 0 Å². The number of hydrogen-bond acceptors (Lipinski definition) is 3. The molecule has 0 spiro atoms. The molecule has 0 unspecified atom stereocenters. The first-order valence-corrected chi connectivity index (χ1v) is 10.9. The van der Waals surface area contributed by atoms with E-state index in [9.17, 15) is 4.79 Å². The van der Waals surface area contributed by atoms with Gasteiger partial charge in [-0.15, -0.1) is 0 Å². The fourth-order valence-electron chi connectivity index (χ4n) is 5.03. The first kappa shape index (κ1) is 18.6. The van der Waals surface area contributed by atoms with Gasteiger partial charge in [-0.25, -0.2) is 4.79 Å². The lowest BCUT2D eigenvalue weighted by atomic mass is 10.1. The third kappa shape index (κ3) is 4.23. The standard InChI is InChI=1S/C22H34N4O/c1-18-20(10-6-11-21(18)25-12-4-5-13-25)23-22(27)26-15-7-14-24(16-17-26)19-8-2-3-9-19/h6,10-11,19H,2-5,7-9,12-17H2,1H3,(H,23,27). The quantitative estimate of drug-likeness (QED) is 0.871. The molecule has 27 heavy (non-hydrogen) atoms. The zero-order chi connectivity index (χ0) is 18.6. The van der Waals surface area contributed by atoms with Crippen LogP contribution in [0, 0.1) is 6.92 Å². The predicted molar refractivity (Wildman–Crippen MR) is 112 cm³/mol. The Kier molecular flexibility index (Phi) is 5.86. The Bertz CT molecular complexity index is 650. The number of nitrogens with one attached hydrogen (secondary N) is 1. The molecule has 148 valence electrons. The molecule has 1 aromatic carbocycles. The second kappa shape index (κ2) is 8.51. The highest BCUT2D eigenvalue weighted by atomic mass is 16.2. The number of urea groups is 1. The number of anilines is 2. The molecular formula is C22H34N4O. The molecule has 1 aromatic rings. The Morgan fingerprint density at radius 2 is 1.70 bits per heavy atom. The summed E-state index contributed by atoms with van der Waals surface area (Å²) in [6, 6.07) is 7.11. The fourth-order valence-corrected chi connectivity index (χ4v) is 5.03. The Balaban J connectivity index is 1.38. The summed E-state index contributed by atoms with van der Waals surface area (Å²) in [6.45, 7) is 8.24. The second-order valence-electron chi connectivity index (χ2n) is 8.39. The van der Waals surface area contributed by atoms with Crippen molar-refractivity contribution in [1.82, 2.24) is 9.80 Å². The maximum Gasteiger partial charge on any atom is 0.321 e. The molecule has 2 amide bonds. The number of hydrogen-bond donors (Lipinski definition) is 1. The van der Waals surface area contributed by atoms with Gasteiger partial charge in [-0.1, -0.05) is 18.9 Å². The maximum atomic E-state index is 12.9. The van der Waals surface area contributed by atoms with Gasteiger partial charge in [0.1, 0.15) is 0 Å². The molecule has 0 atom stereocenters. The minimum absolute atomic E-state index is 0.0601. The van der Waals surface area contributed by atoms with Crippen LogP contribution in [0.5, 0.6) is 0 Å². The molecule has 0 bridgehead atoms. The zero-order valence-corrected chi connectivity index (χ0v) is 16.8. The van der Waals surface area contributed by atoms with E-state index in [0.717, 1.165) is 57.4 Å². The molecule has 5 nitrogen and oxygen atoms in total. The molecule has 0 radical (unpaired) electrons. The molecule has 1 aliphatic carbocycles. The monoisotopic (exact) mass is 370 g/mol. The lowest BCUT2D eigenvalue weighted by molar-refractivity contribution is 0.195. The zero-order valence-electron chi connectivity index (χ0n) is 16.8. The van der Waals surface area contributed by atoms with Crippen LogP contribution in [-0.2, 0) is 0 Å². The van der Waals surface area contributed by atoms with E-state index in [2.05, 4.69) is 34.2 Å². The van der Waals surface area contributed by atoms with Crippen molar-refractivity contribution in [3.63, 3.8) is 0 Å². The van der Waals surface area contributed by atoms with E-state index in [1.165, 1.54) is 49.8 Å². The summed E-state index contributed by atoms with van der Waals surface area (Å²) in [6.07, 6.45) is 9.04. The van der Waals surface area contributed by atoms with Gasteiger partial charge in [0.15, 0.2) is 0 Å². The van der Waals surface area contributed by atoms with Crippen LogP contribution in [0.3, 0.4) is 0 Å². The largest absolute Gasteiger partial charge is 0.371 e. The van der Waals surface area contributed by atoms with E-state index < -0.39 is 0 Å². The van der Waals surface area contributed by atoms with Crippen molar-refractivity contribution in [2.24, 2.45) is 0 Å². The summed E-state index contributed by atoms with van der Waals surface area (Å²) in [5.41, 5.74) is 3.42. The van der Waals surface area contributed by atoms with E-state index in [0.29, 0.717) is 0 Å². The van der Waals surface area contributed by atoms with Crippen LogP contribution in [-0.4, -0.2) is 61.1 Å². The Labute approximate surface area is 163 Å². The summed E-state index contributed by atoms with van der Waals surface area (Å²) in [5.74, 6) is 0. The second-order valence-corrected chi connectivity index (χ2v) is 8.39. The number of carbonyl (C=O) groups is 1. The van der Waals surface area contributed by atoms with E-state index in [-0.39, 0.29) is 6.03 Å². The van der Waals surface area contributed by atoms with Crippen LogP contribution >= 0.6 is 0 Å². The van der Waals surface area contributed by atoms with Crippen molar-refractivity contribution in [3.05, 3.63) is 23.8 Å². The number of rotatable bonds is 3. The third-order valence-electron chi connectivity index (χ3n) is 6.65. The molecule has 2 aliphatic heterocycles. The topological polar surface area (TPSA) is 38.8 Å². The third-order valence-corrected chi connectivity index (χ3v) is 6.65.